The van der Waals surface area contributed by atoms with Crippen LogP contribution < -0.4 is 10.6 Å². The molecule has 0 aromatic carbocycles. The average molecular weight is 423 g/mol. The molecule has 1 atom stereocenters. The van der Waals surface area contributed by atoms with E-state index in [-0.39, 0.29) is 22.6 Å². The lowest BCUT2D eigenvalue weighted by molar-refractivity contribution is -0.129. The van der Waals surface area contributed by atoms with Gasteiger partial charge >= 0.3 is 0 Å². The normalized spacial score (nSPS) is 17.7. The molecule has 8 nitrogen and oxygen atoms in total. The van der Waals surface area contributed by atoms with Crippen molar-refractivity contribution in [3.05, 3.63) is 16.5 Å². The summed E-state index contributed by atoms with van der Waals surface area (Å²) >= 11 is 6.86. The van der Waals surface area contributed by atoms with Gasteiger partial charge in [-0.3, -0.25) is 14.5 Å². The Morgan fingerprint density at radius 2 is 1.92 bits per heavy atom. The van der Waals surface area contributed by atoms with Crippen molar-refractivity contribution in [2.24, 2.45) is 0 Å². The number of piperazine rings is 1. The second kappa shape index (κ2) is 9.14. The van der Waals surface area contributed by atoms with E-state index in [0.29, 0.717) is 37.1 Å². The minimum absolute atomic E-state index is 0.127. The molecule has 1 fully saturated rings. The molecule has 1 aliphatic rings. The highest BCUT2D eigenvalue weighted by atomic mass is 35.5. The van der Waals surface area contributed by atoms with Crippen molar-refractivity contribution >= 4 is 44.8 Å². The molecule has 0 radical (unpaired) electrons. The zero-order chi connectivity index (χ0) is 19.3. The van der Waals surface area contributed by atoms with Crippen LogP contribution in [0.25, 0.3) is 0 Å². The predicted molar refractivity (Wildman–Crippen MR) is 101 cm³/mol. The number of sulfonamides is 1. The van der Waals surface area contributed by atoms with Crippen LogP contribution in [0.1, 0.15) is 13.8 Å². The molecule has 2 amide bonds. The summed E-state index contributed by atoms with van der Waals surface area (Å²) in [6.45, 7) is 5.56. The molecule has 0 saturated carbocycles. The molecule has 26 heavy (non-hydrogen) atoms. The van der Waals surface area contributed by atoms with Crippen molar-refractivity contribution in [3.8, 4) is 0 Å². The largest absolute Gasteiger partial charge is 0.355 e. The lowest BCUT2D eigenvalue weighted by Gasteiger charge is -2.33. The molecule has 0 bridgehead atoms. The van der Waals surface area contributed by atoms with E-state index >= 15 is 0 Å². The van der Waals surface area contributed by atoms with Crippen molar-refractivity contribution in [1.82, 2.24) is 19.8 Å². The SMILES string of the molecule is CCNC(=O)[C@@H](C)NC(=O)CN1CCN(S(=O)(=O)c2ccc(Cl)s2)CC1. The highest BCUT2D eigenvalue weighted by molar-refractivity contribution is 7.91. The number of amides is 2. The third-order valence-corrected chi connectivity index (χ3v) is 7.56. The van der Waals surface area contributed by atoms with Gasteiger partial charge in [0.1, 0.15) is 10.3 Å². The molecule has 0 unspecified atom stereocenters. The van der Waals surface area contributed by atoms with E-state index in [2.05, 4.69) is 10.6 Å². The fourth-order valence-electron chi connectivity index (χ4n) is 2.57. The number of thiophene rings is 1. The van der Waals surface area contributed by atoms with Gasteiger partial charge in [-0.1, -0.05) is 11.6 Å². The van der Waals surface area contributed by atoms with E-state index < -0.39 is 16.1 Å². The topological polar surface area (TPSA) is 98.8 Å². The molecular weight excluding hydrogens is 400 g/mol. The summed E-state index contributed by atoms with van der Waals surface area (Å²) in [5, 5.41) is 5.29. The molecule has 11 heteroatoms. The molecule has 1 aliphatic heterocycles. The molecule has 146 valence electrons. The van der Waals surface area contributed by atoms with Crippen LogP contribution in [-0.2, 0) is 19.6 Å². The third kappa shape index (κ3) is 5.40. The number of nitrogens with one attached hydrogen (secondary N) is 2. The molecular formula is C15H23ClN4O4S2. The number of carbonyl (C=O) groups is 2. The zero-order valence-corrected chi connectivity index (χ0v) is 17.1. The highest BCUT2D eigenvalue weighted by Crippen LogP contribution is 2.28. The van der Waals surface area contributed by atoms with Gasteiger partial charge in [-0.15, -0.1) is 11.3 Å². The molecule has 1 aromatic rings. The van der Waals surface area contributed by atoms with Gasteiger partial charge in [-0.25, -0.2) is 8.42 Å². The quantitative estimate of drug-likeness (QED) is 0.660. The van der Waals surface area contributed by atoms with Gasteiger partial charge in [-0.05, 0) is 26.0 Å². The van der Waals surface area contributed by atoms with Crippen LogP contribution in [0.5, 0.6) is 0 Å². The van der Waals surface area contributed by atoms with E-state index in [4.69, 9.17) is 11.6 Å². The summed E-state index contributed by atoms with van der Waals surface area (Å²) in [5.74, 6) is -0.489. The maximum atomic E-state index is 12.5. The van der Waals surface area contributed by atoms with E-state index in [1.54, 1.807) is 13.0 Å². The van der Waals surface area contributed by atoms with E-state index in [0.717, 1.165) is 11.3 Å². The predicted octanol–water partition coefficient (Wildman–Crippen LogP) is 0.349. The third-order valence-electron chi connectivity index (χ3n) is 3.96. The van der Waals surface area contributed by atoms with E-state index in [1.165, 1.54) is 10.4 Å². The summed E-state index contributed by atoms with van der Waals surface area (Å²) in [6, 6.07) is 2.47. The van der Waals surface area contributed by atoms with Gasteiger partial charge in [0.25, 0.3) is 10.0 Å². The molecule has 0 aliphatic carbocycles. The number of nitrogens with zero attached hydrogens (tertiary/aromatic N) is 2. The molecule has 2 rings (SSSR count). The first-order valence-corrected chi connectivity index (χ1v) is 10.9. The first kappa shape index (κ1) is 21.1. The summed E-state index contributed by atoms with van der Waals surface area (Å²) in [4.78, 5) is 25.6. The Kier molecular flexibility index (Phi) is 7.42. The molecule has 1 saturated heterocycles. The van der Waals surface area contributed by atoms with Crippen molar-refractivity contribution in [2.45, 2.75) is 24.1 Å². The number of hydrogen-bond donors (Lipinski definition) is 2. The van der Waals surface area contributed by atoms with Crippen LogP contribution in [0.15, 0.2) is 16.3 Å². The summed E-state index contributed by atoms with van der Waals surface area (Å²) < 4.78 is 27.2. The Morgan fingerprint density at radius 3 is 2.46 bits per heavy atom. The summed E-state index contributed by atoms with van der Waals surface area (Å²) in [5.41, 5.74) is 0. The smallest absolute Gasteiger partial charge is 0.252 e. The van der Waals surface area contributed by atoms with Crippen LogP contribution in [0, 0.1) is 0 Å². The maximum absolute atomic E-state index is 12.5. The maximum Gasteiger partial charge on any atom is 0.252 e. The Labute approximate surface area is 162 Å². The lowest BCUT2D eigenvalue weighted by atomic mass is 10.3. The molecule has 0 spiro atoms. The highest BCUT2D eigenvalue weighted by Gasteiger charge is 2.30. The number of rotatable bonds is 7. The van der Waals surface area contributed by atoms with Crippen molar-refractivity contribution < 1.29 is 18.0 Å². The van der Waals surface area contributed by atoms with Crippen LogP contribution in [0.3, 0.4) is 0 Å². The minimum Gasteiger partial charge on any atom is -0.355 e. The fraction of sp³-hybridized carbons (Fsp3) is 0.600. The lowest BCUT2D eigenvalue weighted by Crippen LogP contribution is -2.53. The summed E-state index contributed by atoms with van der Waals surface area (Å²) in [7, 11) is -3.54. The van der Waals surface area contributed by atoms with Crippen molar-refractivity contribution in [1.29, 1.82) is 0 Å². The number of halogens is 1. The fourth-order valence-corrected chi connectivity index (χ4v) is 5.63. The van der Waals surface area contributed by atoms with Crippen LogP contribution in [0.4, 0.5) is 0 Å². The number of hydrogen-bond acceptors (Lipinski definition) is 6. The summed E-state index contributed by atoms with van der Waals surface area (Å²) in [6.07, 6.45) is 0. The monoisotopic (exact) mass is 422 g/mol. The van der Waals surface area contributed by atoms with Crippen LogP contribution >= 0.6 is 22.9 Å². The first-order valence-electron chi connectivity index (χ1n) is 8.29. The van der Waals surface area contributed by atoms with Gasteiger partial charge in [0.05, 0.1) is 10.9 Å². The second-order valence-electron chi connectivity index (χ2n) is 5.92. The Bertz CT molecular complexity index is 745. The Hall–Kier alpha value is -1.20. The van der Waals surface area contributed by atoms with Gasteiger partial charge in [0.2, 0.25) is 11.8 Å². The standard InChI is InChI=1S/C15H23ClN4O4S2/c1-3-17-15(22)11(2)18-13(21)10-19-6-8-20(9-7-19)26(23,24)14-5-4-12(16)25-14/h4-5,11H,3,6-10H2,1-2H3,(H,17,22)(H,18,21)/t11-/m1/s1. The number of likely N-dealkylation sites (N-methyl/N-ethyl adjacent to an activating group) is 1. The Morgan fingerprint density at radius 1 is 1.27 bits per heavy atom. The average Bonchev–Trinajstić information content (AvgIpc) is 3.02. The van der Waals surface area contributed by atoms with E-state index in [9.17, 15) is 18.0 Å². The van der Waals surface area contributed by atoms with Crippen molar-refractivity contribution in [3.63, 3.8) is 0 Å². The molecule has 2 heterocycles. The van der Waals surface area contributed by atoms with Crippen molar-refractivity contribution in [2.75, 3.05) is 39.3 Å². The minimum atomic E-state index is -3.54. The van der Waals surface area contributed by atoms with E-state index in [1.807, 2.05) is 11.8 Å². The molecule has 2 N–H and O–H groups in total. The van der Waals surface area contributed by atoms with Gasteiger partial charge in [0, 0.05) is 32.7 Å². The number of carbonyl (C=O) groups excluding carboxylic acids is 2. The van der Waals surface area contributed by atoms with Crippen LogP contribution in [-0.4, -0.2) is 74.7 Å². The van der Waals surface area contributed by atoms with Gasteiger partial charge in [0.15, 0.2) is 0 Å². The Balaban J connectivity index is 1.83. The van der Waals surface area contributed by atoms with Crippen LogP contribution in [0.2, 0.25) is 4.34 Å². The molecule has 1 aromatic heterocycles. The zero-order valence-electron chi connectivity index (χ0n) is 14.7. The van der Waals surface area contributed by atoms with Gasteiger partial charge in [-0.2, -0.15) is 4.31 Å². The first-order chi connectivity index (χ1) is 12.2. The van der Waals surface area contributed by atoms with Gasteiger partial charge < -0.3 is 10.6 Å². The second-order valence-corrected chi connectivity index (χ2v) is 9.80.